The molecule has 0 radical (unpaired) electrons. The standard InChI is InChI=1S/C27H33N5O2/c1-4-21(17(2)3)26-14-20(31-34-26)8-7-11-32-15-19(16-32)23-12-18-13-24(29-30-27(18)28-23)22-9-5-6-10-25(22)33/h5-6,9-10,12-14,17,19,21,33H,4,7-8,11,15-16H2,1-3H3,(H,28,30)/t21-/m1/s1. The number of aromatic hydroxyl groups is 1. The van der Waals surface area contributed by atoms with E-state index in [0.717, 1.165) is 61.4 Å². The molecule has 1 aliphatic rings. The lowest BCUT2D eigenvalue weighted by Crippen LogP contribution is -2.45. The van der Waals surface area contributed by atoms with Crippen molar-refractivity contribution >= 4 is 11.0 Å². The molecular weight excluding hydrogens is 426 g/mol. The summed E-state index contributed by atoms with van der Waals surface area (Å²) < 4.78 is 5.63. The Balaban J connectivity index is 1.14. The van der Waals surface area contributed by atoms with Gasteiger partial charge in [-0.2, -0.15) is 0 Å². The van der Waals surface area contributed by atoms with Crippen LogP contribution in [0.4, 0.5) is 0 Å². The van der Waals surface area contributed by atoms with Crippen molar-refractivity contribution in [2.45, 2.75) is 51.9 Å². The molecular formula is C27H33N5O2. The van der Waals surface area contributed by atoms with E-state index in [-0.39, 0.29) is 5.75 Å². The van der Waals surface area contributed by atoms with Crippen LogP contribution in [0.5, 0.6) is 5.75 Å². The predicted octanol–water partition coefficient (Wildman–Crippen LogP) is 5.50. The molecule has 1 aliphatic heterocycles. The van der Waals surface area contributed by atoms with Crippen LogP contribution in [0.25, 0.3) is 22.3 Å². The molecule has 4 aromatic rings. The van der Waals surface area contributed by atoms with Crippen molar-refractivity contribution in [1.82, 2.24) is 25.2 Å². The number of benzene rings is 1. The van der Waals surface area contributed by atoms with Crippen molar-refractivity contribution in [2.24, 2.45) is 5.92 Å². The largest absolute Gasteiger partial charge is 0.507 e. The Kier molecular flexibility index (Phi) is 6.37. The van der Waals surface area contributed by atoms with E-state index in [1.54, 1.807) is 12.1 Å². The molecule has 7 heteroatoms. The number of likely N-dealkylation sites (tertiary alicyclic amines) is 1. The maximum Gasteiger partial charge on any atom is 0.160 e. The lowest BCUT2D eigenvalue weighted by Gasteiger charge is -2.38. The summed E-state index contributed by atoms with van der Waals surface area (Å²) in [5.74, 6) is 2.75. The second-order valence-electron chi connectivity index (χ2n) is 9.81. The summed E-state index contributed by atoms with van der Waals surface area (Å²) in [6.45, 7) is 9.84. The van der Waals surface area contributed by atoms with Crippen LogP contribution in [0.2, 0.25) is 0 Å². The number of phenols is 1. The fourth-order valence-corrected chi connectivity index (χ4v) is 5.05. The molecule has 1 fully saturated rings. The molecule has 0 bridgehead atoms. The first kappa shape index (κ1) is 22.6. The number of rotatable bonds is 9. The van der Waals surface area contributed by atoms with E-state index in [0.29, 0.717) is 29.0 Å². The van der Waals surface area contributed by atoms with E-state index in [2.05, 4.69) is 58.1 Å². The first-order valence-corrected chi connectivity index (χ1v) is 12.3. The van der Waals surface area contributed by atoms with Crippen molar-refractivity contribution in [1.29, 1.82) is 0 Å². The van der Waals surface area contributed by atoms with Crippen LogP contribution < -0.4 is 0 Å². The third-order valence-electron chi connectivity index (χ3n) is 7.07. The second kappa shape index (κ2) is 9.58. The summed E-state index contributed by atoms with van der Waals surface area (Å²) in [4.78, 5) is 5.92. The van der Waals surface area contributed by atoms with Crippen LogP contribution >= 0.6 is 0 Å². The fourth-order valence-electron chi connectivity index (χ4n) is 5.05. The Morgan fingerprint density at radius 3 is 2.74 bits per heavy atom. The molecule has 34 heavy (non-hydrogen) atoms. The number of phenolic OH excluding ortho intramolecular Hbond substituents is 1. The Morgan fingerprint density at radius 1 is 1.15 bits per heavy atom. The van der Waals surface area contributed by atoms with Crippen LogP contribution in [0, 0.1) is 5.92 Å². The van der Waals surface area contributed by atoms with Gasteiger partial charge in [-0.1, -0.05) is 38.1 Å². The van der Waals surface area contributed by atoms with Crippen LogP contribution in [0.1, 0.15) is 62.6 Å². The van der Waals surface area contributed by atoms with E-state index < -0.39 is 0 Å². The molecule has 1 atom stereocenters. The third-order valence-corrected chi connectivity index (χ3v) is 7.07. The first-order chi connectivity index (χ1) is 16.5. The van der Waals surface area contributed by atoms with E-state index in [9.17, 15) is 5.11 Å². The first-order valence-electron chi connectivity index (χ1n) is 12.3. The van der Waals surface area contributed by atoms with Gasteiger partial charge >= 0.3 is 0 Å². The quantitative estimate of drug-likeness (QED) is 0.343. The van der Waals surface area contributed by atoms with Gasteiger partial charge in [0.25, 0.3) is 0 Å². The number of hydrogen-bond donors (Lipinski definition) is 2. The molecule has 5 rings (SSSR count). The molecule has 0 spiro atoms. The molecule has 4 heterocycles. The summed E-state index contributed by atoms with van der Waals surface area (Å²) in [7, 11) is 0. The van der Waals surface area contributed by atoms with Crippen molar-refractivity contribution in [3.63, 3.8) is 0 Å². The van der Waals surface area contributed by atoms with Gasteiger partial charge in [-0.25, -0.2) is 0 Å². The lowest BCUT2D eigenvalue weighted by atomic mass is 9.90. The third kappa shape index (κ3) is 4.57. The molecule has 0 amide bonds. The monoisotopic (exact) mass is 459 g/mol. The Hall–Kier alpha value is -3.19. The molecule has 0 unspecified atom stereocenters. The van der Waals surface area contributed by atoms with Gasteiger partial charge in [0.05, 0.1) is 11.4 Å². The maximum absolute atomic E-state index is 10.1. The summed E-state index contributed by atoms with van der Waals surface area (Å²) >= 11 is 0. The van der Waals surface area contributed by atoms with Gasteiger partial charge in [0.2, 0.25) is 0 Å². The number of nitrogens with one attached hydrogen (secondary N) is 1. The molecule has 0 saturated carbocycles. The van der Waals surface area contributed by atoms with Gasteiger partial charge in [-0.05, 0) is 56.0 Å². The lowest BCUT2D eigenvalue weighted by molar-refractivity contribution is 0.144. The Labute approximate surface area is 200 Å². The summed E-state index contributed by atoms with van der Waals surface area (Å²) in [5.41, 5.74) is 4.45. The predicted molar refractivity (Wildman–Crippen MR) is 133 cm³/mol. The Morgan fingerprint density at radius 2 is 1.97 bits per heavy atom. The van der Waals surface area contributed by atoms with E-state index in [4.69, 9.17) is 4.52 Å². The van der Waals surface area contributed by atoms with Gasteiger partial charge in [-0.15, -0.1) is 10.2 Å². The Bertz CT molecular complexity index is 1250. The van der Waals surface area contributed by atoms with Crippen LogP contribution in [0.3, 0.4) is 0 Å². The topological polar surface area (TPSA) is 91.1 Å². The maximum atomic E-state index is 10.1. The average Bonchev–Trinajstić information content (AvgIpc) is 3.42. The van der Waals surface area contributed by atoms with Crippen molar-refractivity contribution in [3.05, 3.63) is 59.6 Å². The molecule has 1 saturated heterocycles. The number of fused-ring (bicyclic) bond motifs is 1. The molecule has 0 aliphatic carbocycles. The van der Waals surface area contributed by atoms with Gasteiger partial charge in [0.1, 0.15) is 11.5 Å². The van der Waals surface area contributed by atoms with E-state index >= 15 is 0 Å². The molecule has 7 nitrogen and oxygen atoms in total. The zero-order valence-corrected chi connectivity index (χ0v) is 20.2. The summed E-state index contributed by atoms with van der Waals surface area (Å²) in [6.07, 6.45) is 3.12. The fraction of sp³-hybridized carbons (Fsp3) is 0.444. The van der Waals surface area contributed by atoms with Gasteiger partial charge in [0, 0.05) is 47.6 Å². The summed E-state index contributed by atoms with van der Waals surface area (Å²) in [5, 5.41) is 24.1. The zero-order valence-electron chi connectivity index (χ0n) is 20.2. The minimum atomic E-state index is 0.216. The normalized spacial score (nSPS) is 15.8. The van der Waals surface area contributed by atoms with Gasteiger partial charge in [-0.3, -0.25) is 0 Å². The van der Waals surface area contributed by atoms with Gasteiger partial charge in [0.15, 0.2) is 5.65 Å². The molecule has 1 aromatic carbocycles. The number of aromatic amines is 1. The average molecular weight is 460 g/mol. The second-order valence-corrected chi connectivity index (χ2v) is 9.81. The summed E-state index contributed by atoms with van der Waals surface area (Å²) in [6, 6.07) is 13.5. The van der Waals surface area contributed by atoms with Crippen molar-refractivity contribution in [3.8, 4) is 17.0 Å². The number of aryl methyl sites for hydroxylation is 1. The molecule has 178 valence electrons. The number of para-hydroxylation sites is 1. The van der Waals surface area contributed by atoms with Crippen molar-refractivity contribution in [2.75, 3.05) is 19.6 Å². The number of hydrogen-bond acceptors (Lipinski definition) is 6. The SMILES string of the molecule is CC[C@@H](c1cc(CCCN2CC(c3cc4cc(-c5ccccc5O)nnc4[nH]3)C2)no1)C(C)C. The van der Waals surface area contributed by atoms with Gasteiger partial charge < -0.3 is 19.5 Å². The zero-order chi connectivity index (χ0) is 23.7. The van der Waals surface area contributed by atoms with E-state index in [1.807, 2.05) is 18.2 Å². The highest BCUT2D eigenvalue weighted by Crippen LogP contribution is 2.32. The van der Waals surface area contributed by atoms with Crippen molar-refractivity contribution < 1.29 is 9.63 Å². The number of nitrogens with zero attached hydrogens (tertiary/aromatic N) is 4. The highest BCUT2D eigenvalue weighted by molar-refractivity contribution is 5.81. The van der Waals surface area contributed by atoms with Crippen LogP contribution in [-0.2, 0) is 6.42 Å². The molecule has 2 N–H and O–H groups in total. The minimum absolute atomic E-state index is 0.216. The van der Waals surface area contributed by atoms with Crippen LogP contribution in [0.15, 0.2) is 47.0 Å². The smallest absolute Gasteiger partial charge is 0.160 e. The highest BCUT2D eigenvalue weighted by Gasteiger charge is 2.29. The van der Waals surface area contributed by atoms with E-state index in [1.165, 1.54) is 5.69 Å². The van der Waals surface area contributed by atoms with Crippen LogP contribution in [-0.4, -0.2) is 50.0 Å². The molecule has 3 aromatic heterocycles. The minimum Gasteiger partial charge on any atom is -0.507 e. The number of H-pyrrole nitrogens is 1. The highest BCUT2D eigenvalue weighted by atomic mass is 16.5. The number of aromatic nitrogens is 4.